The van der Waals surface area contributed by atoms with Crippen LogP contribution in [-0.2, 0) is 28.9 Å². The molecule has 6 aliphatic rings. The summed E-state index contributed by atoms with van der Waals surface area (Å²) in [6, 6.07) is 0. The fourth-order valence-corrected chi connectivity index (χ4v) is 11.8. The van der Waals surface area contributed by atoms with E-state index in [4.69, 9.17) is 9.68 Å². The minimum Gasteiger partial charge on any atom is -0.385 e. The summed E-state index contributed by atoms with van der Waals surface area (Å²) in [5.74, 6) is -3.03. The number of quaternary nitrogens is 1. The molecule has 0 aromatic carbocycles. The van der Waals surface area contributed by atoms with Crippen molar-refractivity contribution in [3.8, 4) is 0 Å². The van der Waals surface area contributed by atoms with Gasteiger partial charge < -0.3 is 14.7 Å². The molecule has 0 radical (unpaired) electrons. The second kappa shape index (κ2) is 10.3. The molecule has 10 atom stereocenters. The minimum atomic E-state index is -1.04. The summed E-state index contributed by atoms with van der Waals surface area (Å²) >= 11 is 0. The maximum Gasteiger partial charge on any atom is 0.258 e. The maximum absolute atomic E-state index is 13.6. The van der Waals surface area contributed by atoms with Crippen LogP contribution in [0.15, 0.2) is 22.3 Å². The van der Waals surface area contributed by atoms with Crippen LogP contribution in [0.5, 0.6) is 0 Å². The Morgan fingerprint density at radius 1 is 0.596 bits per heavy atom. The van der Waals surface area contributed by atoms with Gasteiger partial charge in [-0.1, -0.05) is 63.8 Å². The maximum atomic E-state index is 13.6. The van der Waals surface area contributed by atoms with Gasteiger partial charge in [-0.15, -0.1) is 0 Å². The second-order valence-electron chi connectivity index (χ2n) is 17.1. The second-order valence-corrected chi connectivity index (χ2v) is 17.1. The SMILES string of the molecule is CC1=C(C)C2(C)C3C(=O)N(OCC(O)C[N+](C)(C)CC(O)CON4C(=O)C5C(C4=O)C4(C)C(C)=C(C)C5(C)C4C)C(=O)C3C1(C)C2C. The van der Waals surface area contributed by atoms with Gasteiger partial charge in [0.2, 0.25) is 0 Å². The molecule has 2 N–H and O–H groups in total. The Morgan fingerprint density at radius 2 is 0.830 bits per heavy atom. The van der Waals surface area contributed by atoms with Gasteiger partial charge in [-0.2, -0.15) is 10.1 Å². The number of rotatable bonds is 10. The Hall–Kier alpha value is -2.44. The monoisotopic (exact) mass is 656 g/mol. The number of amides is 4. The van der Waals surface area contributed by atoms with Crippen LogP contribution in [0.25, 0.3) is 0 Å². The number of aliphatic hydroxyl groups is 2. The highest BCUT2D eigenvalue weighted by Crippen LogP contribution is 2.75. The van der Waals surface area contributed by atoms with Crippen molar-refractivity contribution < 1.29 is 43.5 Å². The molecule has 2 saturated heterocycles. The lowest BCUT2D eigenvalue weighted by Gasteiger charge is -2.35. The number of fused-ring (bicyclic) bond motifs is 10. The predicted molar refractivity (Wildman–Crippen MR) is 171 cm³/mol. The molecule has 2 saturated carbocycles. The summed E-state index contributed by atoms with van der Waals surface area (Å²) in [6.07, 6.45) is -2.08. The molecule has 4 aliphatic carbocycles. The molecular weight excluding hydrogens is 602 g/mol. The normalized spacial score (nSPS) is 43.7. The first-order valence-corrected chi connectivity index (χ1v) is 17.1. The molecule has 11 nitrogen and oxygen atoms in total. The molecule has 2 heterocycles. The average molecular weight is 657 g/mol. The van der Waals surface area contributed by atoms with E-state index >= 15 is 0 Å². The Kier molecular flexibility index (Phi) is 7.54. The molecule has 2 aliphatic heterocycles. The van der Waals surface area contributed by atoms with Gasteiger partial charge >= 0.3 is 0 Å². The minimum absolute atomic E-state index is 0.149. The van der Waals surface area contributed by atoms with Crippen molar-refractivity contribution in [3.05, 3.63) is 22.3 Å². The summed E-state index contributed by atoms with van der Waals surface area (Å²) < 4.78 is 0.154. The summed E-state index contributed by atoms with van der Waals surface area (Å²) in [5.41, 5.74) is 3.01. The van der Waals surface area contributed by atoms with Gasteiger partial charge in [0.25, 0.3) is 23.6 Å². The van der Waals surface area contributed by atoms with Gasteiger partial charge in [0, 0.05) is 21.7 Å². The third-order valence-electron chi connectivity index (χ3n) is 15.3. The highest BCUT2D eigenvalue weighted by atomic mass is 16.7. The highest BCUT2D eigenvalue weighted by molar-refractivity contribution is 6.07. The summed E-state index contributed by atoms with van der Waals surface area (Å²) in [6.45, 7) is 20.6. The number of nitrogens with zero attached hydrogens (tertiary/aromatic N) is 3. The first-order valence-electron chi connectivity index (χ1n) is 17.1. The molecule has 4 fully saturated rings. The number of allylic oxidation sites excluding steroid dienone is 4. The Labute approximate surface area is 278 Å². The number of likely N-dealkylation sites (N-methyl/N-ethyl adjacent to an activating group) is 1. The molecular formula is C36H54N3O8+. The van der Waals surface area contributed by atoms with Crippen LogP contribution in [0.3, 0.4) is 0 Å². The predicted octanol–water partition coefficient (Wildman–Crippen LogP) is 2.87. The first kappa shape index (κ1) is 34.4. The number of carbonyl (C=O) groups excluding carboxylic acids is 4. The van der Waals surface area contributed by atoms with E-state index in [1.807, 2.05) is 14.1 Å². The van der Waals surface area contributed by atoms with Crippen LogP contribution < -0.4 is 0 Å². The Bertz CT molecular complexity index is 1340. The van der Waals surface area contributed by atoms with Gasteiger partial charge in [-0.05, 0) is 39.5 Å². The van der Waals surface area contributed by atoms with Gasteiger partial charge in [-0.25, -0.2) is 0 Å². The fourth-order valence-electron chi connectivity index (χ4n) is 11.8. The largest absolute Gasteiger partial charge is 0.385 e. The number of hydrogen-bond acceptors (Lipinski definition) is 8. The molecule has 10 unspecified atom stereocenters. The van der Waals surface area contributed by atoms with E-state index < -0.39 is 57.5 Å². The fraction of sp³-hybridized carbons (Fsp3) is 0.778. The van der Waals surface area contributed by atoms with Crippen molar-refractivity contribution in [3.63, 3.8) is 0 Å². The van der Waals surface area contributed by atoms with E-state index in [9.17, 15) is 29.4 Å². The van der Waals surface area contributed by atoms with Gasteiger partial charge in [0.1, 0.15) is 38.5 Å². The summed E-state index contributed by atoms with van der Waals surface area (Å²) in [5, 5.41) is 23.5. The molecule has 47 heavy (non-hydrogen) atoms. The van der Waals surface area contributed by atoms with Crippen LogP contribution >= 0.6 is 0 Å². The standard InChI is InChI=1S/C36H54N3O8/c1-17-18(2)34(8)21(5)33(17,7)25-26(34)30(43)37(29(25)42)46-15-23(40)13-39(11,12)14-24(41)16-47-38-31(44)27-28(32(38)45)36(10)20(4)19(3)35(27,9)22(36)6/h21-28,40-41H,13-16H2,1-12H3/q+1. The van der Waals surface area contributed by atoms with E-state index in [2.05, 4.69) is 69.2 Å². The van der Waals surface area contributed by atoms with Crippen molar-refractivity contribution in [2.75, 3.05) is 40.4 Å². The highest BCUT2D eigenvalue weighted by Gasteiger charge is 2.77. The van der Waals surface area contributed by atoms with Crippen LogP contribution in [0.2, 0.25) is 0 Å². The molecule has 4 bridgehead atoms. The number of hydrogen-bond donors (Lipinski definition) is 2. The van der Waals surface area contributed by atoms with Crippen LogP contribution in [0.1, 0.15) is 69.2 Å². The van der Waals surface area contributed by atoms with Gasteiger partial charge in [0.05, 0.1) is 37.8 Å². The van der Waals surface area contributed by atoms with E-state index in [0.717, 1.165) is 10.1 Å². The van der Waals surface area contributed by atoms with Gasteiger partial charge in [-0.3, -0.25) is 28.9 Å². The molecule has 260 valence electrons. The molecule has 0 aromatic rings. The molecule has 4 amide bonds. The number of carbonyl (C=O) groups is 4. The van der Waals surface area contributed by atoms with E-state index in [1.165, 1.54) is 22.3 Å². The molecule has 0 spiro atoms. The first-order chi connectivity index (χ1) is 21.5. The molecule has 0 aromatic heterocycles. The summed E-state index contributed by atoms with van der Waals surface area (Å²) in [7, 11) is 3.63. The lowest BCUT2D eigenvalue weighted by Crippen LogP contribution is -2.52. The lowest BCUT2D eigenvalue weighted by molar-refractivity contribution is -0.896. The van der Waals surface area contributed by atoms with Crippen molar-refractivity contribution in [2.24, 2.45) is 57.2 Å². The van der Waals surface area contributed by atoms with Crippen LogP contribution in [0, 0.1) is 57.2 Å². The van der Waals surface area contributed by atoms with Crippen molar-refractivity contribution >= 4 is 23.6 Å². The zero-order valence-electron chi connectivity index (χ0n) is 30.1. The molecule has 6 rings (SSSR count). The van der Waals surface area contributed by atoms with E-state index in [1.54, 1.807) is 0 Å². The lowest BCUT2D eigenvalue weighted by atomic mass is 9.66. The van der Waals surface area contributed by atoms with E-state index in [-0.39, 0.29) is 66.3 Å². The number of aliphatic hydroxyl groups excluding tert-OH is 2. The van der Waals surface area contributed by atoms with Crippen LogP contribution in [-0.4, -0.2) is 101 Å². The zero-order valence-corrected chi connectivity index (χ0v) is 30.1. The quantitative estimate of drug-likeness (QED) is 0.208. The zero-order chi connectivity index (χ0) is 35.1. The van der Waals surface area contributed by atoms with Crippen LogP contribution in [0.4, 0.5) is 0 Å². The van der Waals surface area contributed by atoms with Gasteiger partial charge in [0.15, 0.2) is 0 Å². The molecule has 11 heteroatoms. The van der Waals surface area contributed by atoms with E-state index in [0.29, 0.717) is 0 Å². The number of imide groups is 2. The smallest absolute Gasteiger partial charge is 0.258 e. The number of hydroxylamine groups is 4. The third-order valence-corrected chi connectivity index (χ3v) is 15.3. The Balaban J connectivity index is 1.02. The average Bonchev–Trinajstić information content (AvgIpc) is 3.61. The topological polar surface area (TPSA) is 134 Å². The Morgan fingerprint density at radius 3 is 1.06 bits per heavy atom. The third kappa shape index (κ3) is 3.98. The van der Waals surface area contributed by atoms with Crippen molar-refractivity contribution in [2.45, 2.75) is 81.4 Å². The van der Waals surface area contributed by atoms with Crippen molar-refractivity contribution in [1.29, 1.82) is 0 Å². The summed E-state index contributed by atoms with van der Waals surface area (Å²) in [4.78, 5) is 65.7. The van der Waals surface area contributed by atoms with Crippen molar-refractivity contribution in [1.82, 2.24) is 10.1 Å².